The molecule has 0 fully saturated rings. The molecular formula is C14H14N2OS. The van der Waals surface area contributed by atoms with Crippen LogP contribution in [-0.4, -0.2) is 15.4 Å². The molecule has 0 N–H and O–H groups in total. The summed E-state index contributed by atoms with van der Waals surface area (Å²) in [5, 5.41) is 5.67. The highest BCUT2D eigenvalue weighted by Gasteiger charge is 2.07. The average Bonchev–Trinajstić information content (AvgIpc) is 2.84. The van der Waals surface area contributed by atoms with Gasteiger partial charge in [-0.3, -0.25) is 4.79 Å². The summed E-state index contributed by atoms with van der Waals surface area (Å²) in [6, 6.07) is 3.98. The number of hydrogen-bond donors (Lipinski definition) is 0. The van der Waals surface area contributed by atoms with Crippen molar-refractivity contribution in [1.82, 2.24) is 9.59 Å². The van der Waals surface area contributed by atoms with Gasteiger partial charge in [-0.2, -0.15) is 0 Å². The van der Waals surface area contributed by atoms with Crippen molar-refractivity contribution in [2.45, 2.75) is 20.8 Å². The molecule has 0 saturated carbocycles. The molecular weight excluding hydrogens is 244 g/mol. The minimum Gasteiger partial charge on any atom is -0.289 e. The molecule has 0 amide bonds. The number of carbonyl (C=O) groups is 1. The summed E-state index contributed by atoms with van der Waals surface area (Å²) in [7, 11) is 0. The minimum absolute atomic E-state index is 0.00333. The van der Waals surface area contributed by atoms with Gasteiger partial charge in [0.1, 0.15) is 0 Å². The number of ketones is 1. The standard InChI is InChI=1S/C14H14N2OS/c1-9-6-11(3)13(7-10(9)2)14(17)5-4-12-8-18-16-15-12/h4-8H,1-3H3/b5-4-. The summed E-state index contributed by atoms with van der Waals surface area (Å²) in [6.45, 7) is 6.02. The predicted molar refractivity (Wildman–Crippen MR) is 73.9 cm³/mol. The zero-order valence-corrected chi connectivity index (χ0v) is 11.4. The number of allylic oxidation sites excluding steroid dienone is 1. The van der Waals surface area contributed by atoms with E-state index in [1.165, 1.54) is 17.1 Å². The fourth-order valence-corrected chi connectivity index (χ4v) is 2.14. The largest absolute Gasteiger partial charge is 0.289 e. The van der Waals surface area contributed by atoms with Crippen molar-refractivity contribution in [3.63, 3.8) is 0 Å². The van der Waals surface area contributed by atoms with Crippen LogP contribution in [0.4, 0.5) is 0 Å². The van der Waals surface area contributed by atoms with E-state index in [9.17, 15) is 4.79 Å². The van der Waals surface area contributed by atoms with Crippen LogP contribution in [0.3, 0.4) is 0 Å². The van der Waals surface area contributed by atoms with Crippen LogP contribution >= 0.6 is 11.5 Å². The van der Waals surface area contributed by atoms with Crippen LogP contribution in [0.15, 0.2) is 23.6 Å². The summed E-state index contributed by atoms with van der Waals surface area (Å²) in [5.41, 5.74) is 4.81. The molecule has 2 aromatic rings. The number of rotatable bonds is 3. The molecule has 0 aliphatic heterocycles. The highest BCUT2D eigenvalue weighted by Crippen LogP contribution is 2.16. The fourth-order valence-electron chi connectivity index (χ4n) is 1.72. The van der Waals surface area contributed by atoms with Gasteiger partial charge in [-0.25, -0.2) is 0 Å². The third-order valence-corrected chi connectivity index (χ3v) is 3.41. The van der Waals surface area contributed by atoms with Crippen molar-refractivity contribution in [2.75, 3.05) is 0 Å². The second-order valence-electron chi connectivity index (χ2n) is 4.28. The van der Waals surface area contributed by atoms with E-state index >= 15 is 0 Å². The van der Waals surface area contributed by atoms with Gasteiger partial charge < -0.3 is 0 Å². The van der Waals surface area contributed by atoms with Crippen molar-refractivity contribution in [3.8, 4) is 0 Å². The lowest BCUT2D eigenvalue weighted by molar-refractivity contribution is 0.104. The Morgan fingerprint density at radius 1 is 1.17 bits per heavy atom. The Kier molecular flexibility index (Phi) is 3.67. The molecule has 1 heterocycles. The van der Waals surface area contributed by atoms with Gasteiger partial charge in [-0.15, -0.1) is 5.10 Å². The van der Waals surface area contributed by atoms with Crippen LogP contribution in [0.1, 0.15) is 32.7 Å². The molecule has 0 spiro atoms. The molecule has 0 saturated heterocycles. The number of hydrogen-bond acceptors (Lipinski definition) is 4. The van der Waals surface area contributed by atoms with Crippen molar-refractivity contribution in [1.29, 1.82) is 0 Å². The maximum atomic E-state index is 12.1. The van der Waals surface area contributed by atoms with Gasteiger partial charge in [0, 0.05) is 10.9 Å². The fraction of sp³-hybridized carbons (Fsp3) is 0.214. The van der Waals surface area contributed by atoms with E-state index in [4.69, 9.17) is 0 Å². The third-order valence-electron chi connectivity index (χ3n) is 2.89. The van der Waals surface area contributed by atoms with Gasteiger partial charge in [0.2, 0.25) is 0 Å². The van der Waals surface area contributed by atoms with E-state index in [1.807, 2.05) is 32.9 Å². The molecule has 3 nitrogen and oxygen atoms in total. The van der Waals surface area contributed by atoms with Crippen LogP contribution in [0.2, 0.25) is 0 Å². The second kappa shape index (κ2) is 5.23. The molecule has 1 aromatic carbocycles. The third kappa shape index (κ3) is 2.71. The smallest absolute Gasteiger partial charge is 0.186 e. The number of nitrogens with zero attached hydrogens (tertiary/aromatic N) is 2. The molecule has 18 heavy (non-hydrogen) atoms. The van der Waals surface area contributed by atoms with Crippen LogP contribution in [0.25, 0.3) is 6.08 Å². The minimum atomic E-state index is 0.00333. The highest BCUT2D eigenvalue weighted by atomic mass is 32.1. The lowest BCUT2D eigenvalue weighted by Gasteiger charge is -2.06. The molecule has 0 aliphatic carbocycles. The first-order valence-electron chi connectivity index (χ1n) is 5.65. The lowest BCUT2D eigenvalue weighted by atomic mass is 9.98. The number of aromatic nitrogens is 2. The molecule has 0 unspecified atom stereocenters. The van der Waals surface area contributed by atoms with E-state index in [-0.39, 0.29) is 5.78 Å². The number of carbonyl (C=O) groups excluding carboxylic acids is 1. The lowest BCUT2D eigenvalue weighted by Crippen LogP contribution is -2.00. The Bertz CT molecular complexity index is 601. The quantitative estimate of drug-likeness (QED) is 0.626. The Morgan fingerprint density at radius 2 is 1.89 bits per heavy atom. The molecule has 92 valence electrons. The first-order chi connectivity index (χ1) is 8.58. The second-order valence-corrected chi connectivity index (χ2v) is 4.89. The van der Waals surface area contributed by atoms with E-state index in [2.05, 4.69) is 9.59 Å². The first kappa shape index (κ1) is 12.6. The SMILES string of the molecule is Cc1cc(C)c(C(=O)/C=C\c2csnn2)cc1C. The van der Waals surface area contributed by atoms with Crippen LogP contribution in [0.5, 0.6) is 0 Å². The Labute approximate surface area is 110 Å². The summed E-state index contributed by atoms with van der Waals surface area (Å²) >= 11 is 1.27. The predicted octanol–water partition coefficient (Wildman–Crippen LogP) is 3.36. The van der Waals surface area contributed by atoms with E-state index in [0.29, 0.717) is 0 Å². The van der Waals surface area contributed by atoms with E-state index in [1.54, 1.807) is 17.5 Å². The molecule has 4 heteroatoms. The number of aryl methyl sites for hydroxylation is 3. The van der Waals surface area contributed by atoms with Crippen molar-refractivity contribution in [2.24, 2.45) is 0 Å². The van der Waals surface area contributed by atoms with Crippen LogP contribution < -0.4 is 0 Å². The van der Waals surface area contributed by atoms with E-state index in [0.717, 1.165) is 22.4 Å². The molecule has 0 bridgehead atoms. The monoisotopic (exact) mass is 258 g/mol. The van der Waals surface area contributed by atoms with Crippen LogP contribution in [0, 0.1) is 20.8 Å². The van der Waals surface area contributed by atoms with Gasteiger partial charge >= 0.3 is 0 Å². The molecule has 0 aliphatic rings. The molecule has 0 atom stereocenters. The highest BCUT2D eigenvalue weighted by molar-refractivity contribution is 7.03. The maximum Gasteiger partial charge on any atom is 0.186 e. The van der Waals surface area contributed by atoms with Gasteiger partial charge in [-0.1, -0.05) is 10.6 Å². The Morgan fingerprint density at radius 3 is 2.56 bits per heavy atom. The van der Waals surface area contributed by atoms with Gasteiger partial charge in [0.05, 0.1) is 5.69 Å². The van der Waals surface area contributed by atoms with Crippen molar-refractivity contribution in [3.05, 3.63) is 51.5 Å². The van der Waals surface area contributed by atoms with Crippen molar-refractivity contribution >= 4 is 23.4 Å². The van der Waals surface area contributed by atoms with Gasteiger partial charge in [-0.05, 0) is 67.2 Å². The summed E-state index contributed by atoms with van der Waals surface area (Å²) in [4.78, 5) is 12.1. The number of benzene rings is 1. The van der Waals surface area contributed by atoms with Crippen LogP contribution in [-0.2, 0) is 0 Å². The average molecular weight is 258 g/mol. The molecule has 1 aromatic heterocycles. The summed E-state index contributed by atoms with van der Waals surface area (Å²) in [6.07, 6.45) is 3.24. The zero-order chi connectivity index (χ0) is 13.1. The zero-order valence-electron chi connectivity index (χ0n) is 10.6. The van der Waals surface area contributed by atoms with Gasteiger partial charge in [0.25, 0.3) is 0 Å². The van der Waals surface area contributed by atoms with E-state index < -0.39 is 0 Å². The Hall–Kier alpha value is -1.81. The molecule has 2 rings (SSSR count). The topological polar surface area (TPSA) is 42.9 Å². The van der Waals surface area contributed by atoms with Crippen molar-refractivity contribution < 1.29 is 4.79 Å². The Balaban J connectivity index is 2.27. The summed E-state index contributed by atoms with van der Waals surface area (Å²) in [5.74, 6) is 0.00333. The summed E-state index contributed by atoms with van der Waals surface area (Å²) < 4.78 is 3.75. The van der Waals surface area contributed by atoms with Gasteiger partial charge in [0.15, 0.2) is 5.78 Å². The molecule has 0 radical (unpaired) electrons. The normalized spacial score (nSPS) is 11.1. The first-order valence-corrected chi connectivity index (χ1v) is 6.49. The maximum absolute atomic E-state index is 12.1.